The molecule has 3 N–H and O–H groups in total. The minimum absolute atomic E-state index is 0.00662. The first-order chi connectivity index (χ1) is 30.5. The Morgan fingerprint density at radius 1 is 0.797 bits per heavy atom. The monoisotopic (exact) mass is 872 g/mol. The summed E-state index contributed by atoms with van der Waals surface area (Å²) in [7, 11) is 2.87. The maximum atomic E-state index is 12.5. The minimum atomic E-state index is -0.451. The zero-order valence-corrected chi connectivity index (χ0v) is 37.6. The lowest BCUT2D eigenvalue weighted by atomic mass is 9.47. The van der Waals surface area contributed by atoms with Gasteiger partial charge in [-0.25, -0.2) is 0 Å². The third-order valence-corrected chi connectivity index (χ3v) is 13.4. The largest absolute Gasteiger partial charge is 0.508 e. The summed E-state index contributed by atoms with van der Waals surface area (Å²) in [5, 5.41) is 28.1. The fourth-order valence-electron chi connectivity index (χ4n) is 10.1. The van der Waals surface area contributed by atoms with Gasteiger partial charge in [0.25, 0.3) is 0 Å². The van der Waals surface area contributed by atoms with Crippen LogP contribution < -0.4 is 9.47 Å². The van der Waals surface area contributed by atoms with Crippen LogP contribution in [0.3, 0.4) is 0 Å². The number of hydrogen-bond donors (Lipinski definition) is 3. The molecule has 3 aromatic carbocycles. The first-order valence-electron chi connectivity index (χ1n) is 21.6. The molecule has 0 bridgehead atoms. The number of methoxy groups -OCH3 is 2. The van der Waals surface area contributed by atoms with Gasteiger partial charge in [-0.2, -0.15) is 0 Å². The highest BCUT2D eigenvalue weighted by Gasteiger charge is 2.59. The van der Waals surface area contributed by atoms with Gasteiger partial charge < -0.3 is 29.5 Å². The molecule has 3 fully saturated rings. The van der Waals surface area contributed by atoms with E-state index in [1.807, 2.05) is 13.0 Å². The molecule has 0 amide bonds. The normalized spacial score (nSPS) is 24.4. The predicted octanol–water partition coefficient (Wildman–Crippen LogP) is 10.2. The number of carbonyl (C=O) groups is 5. The van der Waals surface area contributed by atoms with Gasteiger partial charge in [0.05, 0.1) is 20.6 Å². The molecule has 64 heavy (non-hydrogen) atoms. The smallest absolute Gasteiger partial charge is 0.303 e. The molecule has 4 aliphatic rings. The van der Waals surface area contributed by atoms with E-state index in [0.717, 1.165) is 36.8 Å². The number of hydrogen-bond acceptors (Lipinski definition) is 11. The van der Waals surface area contributed by atoms with Crippen molar-refractivity contribution in [1.29, 1.82) is 0 Å². The molecule has 0 radical (unpaired) electrons. The van der Waals surface area contributed by atoms with Crippen LogP contribution in [0.25, 0.3) is 12.2 Å². The maximum Gasteiger partial charge on any atom is 0.303 e. The Labute approximate surface area is 375 Å². The van der Waals surface area contributed by atoms with Gasteiger partial charge in [0, 0.05) is 19.8 Å². The van der Waals surface area contributed by atoms with E-state index in [2.05, 4.69) is 26.5 Å². The molecule has 3 saturated carbocycles. The van der Waals surface area contributed by atoms with E-state index >= 15 is 0 Å². The Kier molecular flexibility index (Phi) is 16.1. The van der Waals surface area contributed by atoms with Crippen LogP contribution in [-0.4, -0.2) is 58.6 Å². The zero-order valence-electron chi connectivity index (χ0n) is 37.6. The van der Waals surface area contributed by atoms with Gasteiger partial charge in [0.1, 0.15) is 11.9 Å². The Morgan fingerprint density at radius 2 is 1.38 bits per heavy atom. The third-order valence-electron chi connectivity index (χ3n) is 13.4. The van der Waals surface area contributed by atoms with Crippen LogP contribution >= 0.6 is 0 Å². The Hall–Kier alpha value is -6.49. The van der Waals surface area contributed by atoms with Gasteiger partial charge in [0.2, 0.25) is 0 Å². The average molecular weight is 873 g/mol. The number of carbonyl (C=O) groups excluding carboxylic acids is 5. The summed E-state index contributed by atoms with van der Waals surface area (Å²) in [6, 6.07) is 15.8. The van der Waals surface area contributed by atoms with Crippen molar-refractivity contribution < 1.29 is 53.5 Å². The number of ether oxygens (including phenoxy) is 3. The molecule has 0 aromatic heterocycles. The van der Waals surface area contributed by atoms with Crippen molar-refractivity contribution in [3.05, 3.63) is 125 Å². The molecule has 3 aromatic rings. The number of allylic oxidation sites excluding steroid dienone is 5. The maximum absolute atomic E-state index is 12.5. The SMILES string of the molecule is C/C=C1\C(=O)C[C@H]2[C@@H]3CCC4=CC(=O)CC[C@]4(C)[C@H]3CC[C@]12C.C=CC(OC(C)=O)c1ccc(O)cc1.COc1cc(/C=C/C(=O)CC(=O)/C=C/c2ccc(O)c(OC)c2)ccc1O. The lowest BCUT2D eigenvalue weighted by Gasteiger charge is -2.57. The predicted molar refractivity (Wildman–Crippen MR) is 246 cm³/mol. The number of phenolic OH excluding ortho intramolecular Hbond substituents is 3. The van der Waals surface area contributed by atoms with Crippen LogP contribution in [0.1, 0.15) is 102 Å². The van der Waals surface area contributed by atoms with Gasteiger partial charge in [-0.1, -0.05) is 68.5 Å². The molecule has 11 heteroatoms. The second-order valence-electron chi connectivity index (χ2n) is 17.3. The lowest BCUT2D eigenvalue weighted by Crippen LogP contribution is -2.49. The summed E-state index contributed by atoms with van der Waals surface area (Å²) in [6.45, 7) is 11.7. The molecule has 6 atom stereocenters. The quantitative estimate of drug-likeness (QED) is 0.0724. The highest BCUT2D eigenvalue weighted by atomic mass is 16.5. The fourth-order valence-corrected chi connectivity index (χ4v) is 10.1. The first-order valence-corrected chi connectivity index (χ1v) is 21.6. The van der Waals surface area contributed by atoms with Crippen LogP contribution in [0, 0.1) is 28.6 Å². The van der Waals surface area contributed by atoms with Crippen molar-refractivity contribution in [2.45, 2.75) is 85.2 Å². The van der Waals surface area contributed by atoms with Crippen LogP contribution in [0.5, 0.6) is 28.7 Å². The van der Waals surface area contributed by atoms with Gasteiger partial charge in [-0.15, -0.1) is 0 Å². The average Bonchev–Trinajstić information content (AvgIpc) is 3.54. The standard InChI is InChI=1S/C21H20O6.C21H28O2.C11H12O3/c1-26-20-11-14(5-9-18(20)24)3-7-16(22)13-17(23)8-4-15-6-10-19(25)21(12-15)27-2;1-4-16-19(23)12-18-15-6-5-13-11-14(22)7-9-20(13,2)17(15)8-10-21(16,18)3;1-3-11(14-8(2)12)9-4-6-10(13)7-5-9/h3-12,24-25H,13H2,1-2H3;4,11,15,17-18H,5-10,12H2,1-3H3;3-7,11,13H,1H2,2H3/b7-3+,8-4+;16-4+;/t;15-,17+,18+,20+,21-;/m.1./s1. The van der Waals surface area contributed by atoms with Crippen molar-refractivity contribution in [3.8, 4) is 28.7 Å². The molecular formula is C53H60O11. The van der Waals surface area contributed by atoms with Crippen LogP contribution in [0.15, 0.2) is 109 Å². The van der Waals surface area contributed by atoms with E-state index in [-0.39, 0.29) is 52.0 Å². The molecule has 0 heterocycles. The highest BCUT2D eigenvalue weighted by molar-refractivity contribution is 6.11. The zero-order chi connectivity index (χ0) is 46.8. The third kappa shape index (κ3) is 11.4. The molecule has 338 valence electrons. The van der Waals surface area contributed by atoms with Crippen molar-refractivity contribution in [2.24, 2.45) is 28.6 Å². The highest BCUT2D eigenvalue weighted by Crippen LogP contribution is 2.65. The molecule has 1 unspecified atom stereocenters. The molecule has 0 spiro atoms. The summed E-state index contributed by atoms with van der Waals surface area (Å²) in [6.07, 6.45) is 17.6. The second kappa shape index (κ2) is 21.3. The number of rotatable bonds is 11. The van der Waals surface area contributed by atoms with E-state index in [0.29, 0.717) is 58.4 Å². The Morgan fingerprint density at radius 3 is 1.89 bits per heavy atom. The van der Waals surface area contributed by atoms with Gasteiger partial charge in [-0.3, -0.25) is 24.0 Å². The van der Waals surface area contributed by atoms with Gasteiger partial charge >= 0.3 is 5.97 Å². The van der Waals surface area contributed by atoms with Crippen molar-refractivity contribution in [1.82, 2.24) is 0 Å². The first kappa shape index (κ1) is 48.5. The topological polar surface area (TPSA) is 174 Å². The number of benzene rings is 3. The van der Waals surface area contributed by atoms with Crippen molar-refractivity contribution >= 4 is 41.3 Å². The summed E-state index contributed by atoms with van der Waals surface area (Å²) >= 11 is 0. The van der Waals surface area contributed by atoms with Crippen molar-refractivity contribution in [2.75, 3.05) is 14.2 Å². The number of esters is 1. The lowest BCUT2D eigenvalue weighted by molar-refractivity contribution is -0.144. The molecule has 7 rings (SSSR count). The summed E-state index contributed by atoms with van der Waals surface area (Å²) in [4.78, 5) is 59.0. The molecular weight excluding hydrogens is 813 g/mol. The van der Waals surface area contributed by atoms with Crippen LogP contribution in [0.2, 0.25) is 0 Å². The van der Waals surface area contributed by atoms with Crippen molar-refractivity contribution in [3.63, 3.8) is 0 Å². The van der Waals surface area contributed by atoms with Crippen LogP contribution in [-0.2, 0) is 28.7 Å². The van der Waals surface area contributed by atoms with Gasteiger partial charge in [0.15, 0.2) is 46.1 Å². The molecule has 4 aliphatic carbocycles. The molecule has 0 aliphatic heterocycles. The minimum Gasteiger partial charge on any atom is -0.508 e. The van der Waals surface area contributed by atoms with E-state index < -0.39 is 6.10 Å². The number of phenols is 3. The van der Waals surface area contributed by atoms with E-state index in [9.17, 15) is 34.2 Å². The molecule has 11 nitrogen and oxygen atoms in total. The van der Waals surface area contributed by atoms with E-state index in [4.69, 9.17) is 19.3 Å². The second-order valence-corrected chi connectivity index (χ2v) is 17.3. The van der Waals surface area contributed by atoms with Gasteiger partial charge in [-0.05, 0) is 151 Å². The van der Waals surface area contributed by atoms with E-state index in [1.165, 1.54) is 82.1 Å². The van der Waals surface area contributed by atoms with Crippen LogP contribution in [0.4, 0.5) is 0 Å². The Balaban J connectivity index is 0.000000189. The molecule has 0 saturated heterocycles. The summed E-state index contributed by atoms with van der Waals surface area (Å²) in [5.41, 5.74) is 4.94. The summed E-state index contributed by atoms with van der Waals surface area (Å²) in [5.74, 6) is 2.30. The van der Waals surface area contributed by atoms with E-state index in [1.54, 1.807) is 48.6 Å². The number of aromatic hydroxyl groups is 3. The number of fused-ring (bicyclic) bond motifs is 5. The summed E-state index contributed by atoms with van der Waals surface area (Å²) < 4.78 is 15.0. The number of ketones is 4. The fraction of sp³-hybridized carbons (Fsp3) is 0.377. The Bertz CT molecular complexity index is 2290. The number of Topliss-reactive ketones (excluding diaryl/α,β-unsaturated/α-hetero) is 1.